The molecule has 1 aromatic carbocycles. The van der Waals surface area contributed by atoms with Crippen molar-refractivity contribution < 1.29 is 14.4 Å². The third-order valence-corrected chi connectivity index (χ3v) is 3.54. The predicted octanol–water partition coefficient (Wildman–Crippen LogP) is 2.45. The number of aryl methyl sites for hydroxylation is 1. The molecule has 19 heavy (non-hydrogen) atoms. The number of rotatable bonds is 1. The lowest BCUT2D eigenvalue weighted by atomic mass is 9.97. The molecule has 1 saturated heterocycles. The normalized spacial score (nSPS) is 21.7. The van der Waals surface area contributed by atoms with Crippen LogP contribution in [0.15, 0.2) is 23.4 Å². The smallest absolute Gasteiger partial charge is 0.256 e. The minimum atomic E-state index is -0.457. The minimum absolute atomic E-state index is 0.00410. The quantitative estimate of drug-likeness (QED) is 0.625. The fourth-order valence-corrected chi connectivity index (χ4v) is 2.34. The number of amides is 1. The van der Waals surface area contributed by atoms with E-state index in [9.17, 15) is 9.18 Å². The van der Waals surface area contributed by atoms with E-state index in [1.54, 1.807) is 24.0 Å². The molecule has 0 aromatic heterocycles. The molecule has 0 radical (unpaired) electrons. The molecular weight excluding hydrogens is 247 g/mol. The zero-order valence-electron chi connectivity index (χ0n) is 11.1. The molecular formula is C14H17FN2O2. The SMILES string of the molecule is Cc1cccc(C(=O)N2CC/C(=N\O)C(C)C2)c1F. The Bertz CT molecular complexity index is 528. The van der Waals surface area contributed by atoms with Crippen molar-refractivity contribution in [2.75, 3.05) is 13.1 Å². The van der Waals surface area contributed by atoms with Crippen molar-refractivity contribution in [1.29, 1.82) is 0 Å². The van der Waals surface area contributed by atoms with Gasteiger partial charge in [-0.05, 0) is 18.6 Å². The van der Waals surface area contributed by atoms with Crippen LogP contribution in [0, 0.1) is 18.7 Å². The second kappa shape index (κ2) is 5.38. The maximum atomic E-state index is 13.9. The first-order valence-electron chi connectivity index (χ1n) is 6.29. The third-order valence-electron chi connectivity index (χ3n) is 3.54. The van der Waals surface area contributed by atoms with Gasteiger partial charge in [0.2, 0.25) is 0 Å². The van der Waals surface area contributed by atoms with Gasteiger partial charge in [0.1, 0.15) is 5.82 Å². The second-order valence-corrected chi connectivity index (χ2v) is 4.93. The Labute approximate surface area is 111 Å². The Kier molecular flexibility index (Phi) is 3.83. The van der Waals surface area contributed by atoms with Crippen LogP contribution in [0.3, 0.4) is 0 Å². The molecule has 1 aliphatic rings. The Morgan fingerprint density at radius 2 is 2.26 bits per heavy atom. The van der Waals surface area contributed by atoms with Crippen molar-refractivity contribution in [1.82, 2.24) is 4.90 Å². The van der Waals surface area contributed by atoms with Crippen LogP contribution < -0.4 is 0 Å². The van der Waals surface area contributed by atoms with Crippen molar-refractivity contribution >= 4 is 11.6 Å². The van der Waals surface area contributed by atoms with E-state index in [4.69, 9.17) is 5.21 Å². The molecule has 1 heterocycles. The van der Waals surface area contributed by atoms with E-state index in [1.165, 1.54) is 6.07 Å². The van der Waals surface area contributed by atoms with Gasteiger partial charge in [-0.25, -0.2) is 4.39 Å². The molecule has 1 aliphatic heterocycles. The van der Waals surface area contributed by atoms with Crippen LogP contribution in [-0.4, -0.2) is 34.8 Å². The van der Waals surface area contributed by atoms with Crippen LogP contribution >= 0.6 is 0 Å². The maximum Gasteiger partial charge on any atom is 0.256 e. The highest BCUT2D eigenvalue weighted by atomic mass is 19.1. The summed E-state index contributed by atoms with van der Waals surface area (Å²) in [6.07, 6.45) is 0.525. The lowest BCUT2D eigenvalue weighted by Crippen LogP contribution is -2.43. The summed E-state index contributed by atoms with van der Waals surface area (Å²) in [7, 11) is 0. The predicted molar refractivity (Wildman–Crippen MR) is 70.0 cm³/mol. The number of halogens is 1. The molecule has 1 N–H and O–H groups in total. The zero-order valence-corrected chi connectivity index (χ0v) is 11.1. The summed E-state index contributed by atoms with van der Waals surface area (Å²) in [4.78, 5) is 13.9. The number of piperidine rings is 1. The van der Waals surface area contributed by atoms with Gasteiger partial charge in [-0.15, -0.1) is 0 Å². The average molecular weight is 264 g/mol. The standard InChI is InChI=1S/C14H17FN2O2/c1-9-4-3-5-11(13(9)15)14(18)17-7-6-12(16-19)10(2)8-17/h3-5,10,19H,6-8H2,1-2H3/b16-12+. The largest absolute Gasteiger partial charge is 0.411 e. The summed E-state index contributed by atoms with van der Waals surface area (Å²) < 4.78 is 13.9. The lowest BCUT2D eigenvalue weighted by Gasteiger charge is -2.31. The van der Waals surface area contributed by atoms with E-state index in [2.05, 4.69) is 5.16 Å². The molecule has 0 spiro atoms. The molecule has 4 nitrogen and oxygen atoms in total. The Morgan fingerprint density at radius 1 is 1.53 bits per heavy atom. The molecule has 0 bridgehead atoms. The summed E-state index contributed by atoms with van der Waals surface area (Å²) in [6.45, 7) is 4.43. The topological polar surface area (TPSA) is 52.9 Å². The fourth-order valence-electron chi connectivity index (χ4n) is 2.34. The maximum absolute atomic E-state index is 13.9. The van der Waals surface area contributed by atoms with Gasteiger partial charge in [-0.3, -0.25) is 4.79 Å². The van der Waals surface area contributed by atoms with E-state index in [-0.39, 0.29) is 17.4 Å². The van der Waals surface area contributed by atoms with Gasteiger partial charge in [0.15, 0.2) is 0 Å². The van der Waals surface area contributed by atoms with Gasteiger partial charge < -0.3 is 10.1 Å². The number of carbonyl (C=O) groups excluding carboxylic acids is 1. The number of carbonyl (C=O) groups is 1. The third kappa shape index (κ3) is 2.59. The average Bonchev–Trinajstić information content (AvgIpc) is 2.41. The van der Waals surface area contributed by atoms with Crippen LogP contribution in [0.1, 0.15) is 29.3 Å². The minimum Gasteiger partial charge on any atom is -0.411 e. The van der Waals surface area contributed by atoms with Gasteiger partial charge in [0, 0.05) is 25.4 Å². The number of hydrogen-bond donors (Lipinski definition) is 1. The highest BCUT2D eigenvalue weighted by Crippen LogP contribution is 2.19. The molecule has 1 atom stereocenters. The number of nitrogens with zero attached hydrogens (tertiary/aromatic N) is 2. The first-order valence-corrected chi connectivity index (χ1v) is 6.29. The molecule has 102 valence electrons. The summed E-state index contributed by atoms with van der Waals surface area (Å²) in [6, 6.07) is 4.83. The summed E-state index contributed by atoms with van der Waals surface area (Å²) in [5.41, 5.74) is 1.26. The summed E-state index contributed by atoms with van der Waals surface area (Å²) >= 11 is 0. The summed E-state index contributed by atoms with van der Waals surface area (Å²) in [5.74, 6) is -0.762. The van der Waals surface area contributed by atoms with E-state index < -0.39 is 5.82 Å². The lowest BCUT2D eigenvalue weighted by molar-refractivity contribution is 0.0729. The molecule has 0 aliphatic carbocycles. The fraction of sp³-hybridized carbons (Fsp3) is 0.429. The Balaban J connectivity index is 2.19. The molecule has 0 saturated carbocycles. The van der Waals surface area contributed by atoms with Crippen molar-refractivity contribution in [3.05, 3.63) is 35.1 Å². The zero-order chi connectivity index (χ0) is 14.0. The van der Waals surface area contributed by atoms with Gasteiger partial charge in [0.05, 0.1) is 11.3 Å². The molecule has 5 heteroatoms. The Hall–Kier alpha value is -1.91. The van der Waals surface area contributed by atoms with Crippen LogP contribution in [0.5, 0.6) is 0 Å². The monoisotopic (exact) mass is 264 g/mol. The van der Waals surface area contributed by atoms with Crippen molar-refractivity contribution in [3.63, 3.8) is 0 Å². The first-order chi connectivity index (χ1) is 9.04. The molecule has 1 amide bonds. The van der Waals surface area contributed by atoms with Crippen molar-refractivity contribution in [2.24, 2.45) is 11.1 Å². The van der Waals surface area contributed by atoms with Gasteiger partial charge in [-0.2, -0.15) is 0 Å². The Morgan fingerprint density at radius 3 is 2.89 bits per heavy atom. The molecule has 1 unspecified atom stereocenters. The van der Waals surface area contributed by atoms with Crippen LogP contribution in [0.2, 0.25) is 0 Å². The number of oxime groups is 1. The van der Waals surface area contributed by atoms with E-state index >= 15 is 0 Å². The number of likely N-dealkylation sites (tertiary alicyclic amines) is 1. The van der Waals surface area contributed by atoms with Crippen molar-refractivity contribution in [3.8, 4) is 0 Å². The number of benzene rings is 1. The van der Waals surface area contributed by atoms with E-state index in [1.807, 2.05) is 6.92 Å². The van der Waals surface area contributed by atoms with Crippen molar-refractivity contribution in [2.45, 2.75) is 20.3 Å². The van der Waals surface area contributed by atoms with Gasteiger partial charge in [0.25, 0.3) is 5.91 Å². The molecule has 2 rings (SSSR count). The summed E-state index contributed by atoms with van der Waals surface area (Å²) in [5, 5.41) is 12.0. The molecule has 1 fully saturated rings. The second-order valence-electron chi connectivity index (χ2n) is 4.93. The van der Waals surface area contributed by atoms with Crippen LogP contribution in [-0.2, 0) is 0 Å². The van der Waals surface area contributed by atoms with E-state index in [0.717, 1.165) is 0 Å². The van der Waals surface area contributed by atoms with E-state index in [0.29, 0.717) is 30.8 Å². The van der Waals surface area contributed by atoms with Crippen LogP contribution in [0.4, 0.5) is 4.39 Å². The first kappa shape index (κ1) is 13.5. The number of hydrogen-bond acceptors (Lipinski definition) is 3. The highest BCUT2D eigenvalue weighted by molar-refractivity contribution is 5.96. The van der Waals surface area contributed by atoms with Gasteiger partial charge in [-0.1, -0.05) is 24.2 Å². The van der Waals surface area contributed by atoms with Crippen LogP contribution in [0.25, 0.3) is 0 Å². The highest BCUT2D eigenvalue weighted by Gasteiger charge is 2.28. The van der Waals surface area contributed by atoms with Gasteiger partial charge >= 0.3 is 0 Å². The molecule has 1 aromatic rings.